The summed E-state index contributed by atoms with van der Waals surface area (Å²) < 4.78 is 7.59. The maximum Gasteiger partial charge on any atom is 0.323 e. The average molecular weight is 383 g/mol. The Kier molecular flexibility index (Phi) is 5.92. The number of carbonyl (C=O) groups excluding carboxylic acids is 1. The molecule has 150 valence electrons. The Bertz CT molecular complexity index is 777. The van der Waals surface area contributed by atoms with Gasteiger partial charge in [0.15, 0.2) is 0 Å². The van der Waals surface area contributed by atoms with E-state index < -0.39 is 0 Å². The van der Waals surface area contributed by atoms with Crippen LogP contribution in [0, 0.1) is 6.92 Å². The van der Waals surface area contributed by atoms with Crippen LogP contribution in [0.4, 0.5) is 10.6 Å². The fraction of sp³-hybridized carbons (Fsp3) is 0.524. The molecule has 2 aromatic rings. The fourth-order valence-electron chi connectivity index (χ4n) is 3.92. The van der Waals surface area contributed by atoms with E-state index in [1.165, 1.54) is 6.42 Å². The predicted octanol–water partition coefficient (Wildman–Crippen LogP) is 2.57. The van der Waals surface area contributed by atoms with Gasteiger partial charge in [-0.2, -0.15) is 5.10 Å². The number of piperazine rings is 1. The van der Waals surface area contributed by atoms with Crippen LogP contribution in [0.15, 0.2) is 36.4 Å². The number of nitrogens with one attached hydrogen (secondary N) is 1. The summed E-state index contributed by atoms with van der Waals surface area (Å²) in [4.78, 5) is 17.1. The van der Waals surface area contributed by atoms with Gasteiger partial charge in [-0.15, -0.1) is 0 Å². The van der Waals surface area contributed by atoms with Crippen molar-refractivity contribution in [1.29, 1.82) is 0 Å². The second kappa shape index (κ2) is 8.75. The van der Waals surface area contributed by atoms with Crippen LogP contribution >= 0.6 is 0 Å². The van der Waals surface area contributed by atoms with Gasteiger partial charge in [0.05, 0.1) is 18.3 Å². The summed E-state index contributed by atoms with van der Waals surface area (Å²) in [7, 11) is 0. The van der Waals surface area contributed by atoms with Gasteiger partial charge in [-0.05, 0) is 25.3 Å². The monoisotopic (exact) mass is 383 g/mol. The lowest BCUT2D eigenvalue weighted by Crippen LogP contribution is -2.51. The molecule has 2 aliphatic heterocycles. The van der Waals surface area contributed by atoms with E-state index in [-0.39, 0.29) is 6.03 Å². The normalized spacial score (nSPS) is 20.5. The number of carbonyl (C=O) groups is 1. The maximum absolute atomic E-state index is 12.8. The van der Waals surface area contributed by atoms with Crippen LogP contribution in [0.1, 0.15) is 24.1 Å². The Labute approximate surface area is 166 Å². The molecule has 1 atom stereocenters. The number of hydrogen-bond donors (Lipinski definition) is 1. The van der Waals surface area contributed by atoms with E-state index in [1.54, 1.807) is 0 Å². The zero-order chi connectivity index (χ0) is 19.3. The molecule has 0 bridgehead atoms. The molecule has 0 saturated carbocycles. The molecule has 1 unspecified atom stereocenters. The molecule has 28 heavy (non-hydrogen) atoms. The molecule has 2 fully saturated rings. The van der Waals surface area contributed by atoms with Gasteiger partial charge in [0.25, 0.3) is 0 Å². The lowest BCUT2D eigenvalue weighted by Gasteiger charge is -2.35. The minimum atomic E-state index is -0.0500. The molecule has 1 N–H and O–H groups in total. The van der Waals surface area contributed by atoms with Gasteiger partial charge in [0.1, 0.15) is 5.82 Å². The number of nitrogens with zero attached hydrogens (tertiary/aromatic N) is 4. The van der Waals surface area contributed by atoms with E-state index in [0.717, 1.165) is 62.8 Å². The molecule has 7 nitrogen and oxygen atoms in total. The van der Waals surface area contributed by atoms with Crippen LogP contribution in [-0.2, 0) is 11.3 Å². The molecule has 2 saturated heterocycles. The van der Waals surface area contributed by atoms with Crippen molar-refractivity contribution < 1.29 is 9.53 Å². The Morgan fingerprint density at radius 3 is 2.71 bits per heavy atom. The summed E-state index contributed by atoms with van der Waals surface area (Å²) in [5, 5.41) is 7.59. The van der Waals surface area contributed by atoms with Crippen molar-refractivity contribution in [2.75, 3.05) is 44.6 Å². The Morgan fingerprint density at radius 2 is 2.00 bits per heavy atom. The first-order valence-corrected chi connectivity index (χ1v) is 10.2. The fourth-order valence-corrected chi connectivity index (χ4v) is 3.92. The molecule has 0 aliphatic carbocycles. The van der Waals surface area contributed by atoms with Gasteiger partial charge in [-0.3, -0.25) is 10.2 Å². The molecular formula is C21H29N5O2. The Balaban J connectivity index is 1.31. The van der Waals surface area contributed by atoms with Crippen LogP contribution in [0.25, 0.3) is 0 Å². The highest BCUT2D eigenvalue weighted by Gasteiger charge is 2.25. The molecule has 2 amide bonds. The third-order valence-electron chi connectivity index (χ3n) is 5.46. The molecule has 0 spiro atoms. The average Bonchev–Trinajstić information content (AvgIpc) is 3.33. The van der Waals surface area contributed by atoms with Crippen molar-refractivity contribution in [2.45, 2.75) is 32.4 Å². The zero-order valence-corrected chi connectivity index (χ0v) is 16.5. The predicted molar refractivity (Wildman–Crippen MR) is 109 cm³/mol. The van der Waals surface area contributed by atoms with Crippen LogP contribution in [-0.4, -0.2) is 71.0 Å². The van der Waals surface area contributed by atoms with Crippen molar-refractivity contribution in [2.24, 2.45) is 0 Å². The zero-order valence-electron chi connectivity index (χ0n) is 16.5. The van der Waals surface area contributed by atoms with E-state index >= 15 is 0 Å². The molecule has 1 aromatic carbocycles. The highest BCUT2D eigenvalue weighted by molar-refractivity contribution is 5.88. The molecule has 0 radical (unpaired) electrons. The second-order valence-corrected chi connectivity index (χ2v) is 7.67. The highest BCUT2D eigenvalue weighted by atomic mass is 16.5. The summed E-state index contributed by atoms with van der Waals surface area (Å²) in [6.45, 7) is 7.74. The quantitative estimate of drug-likeness (QED) is 0.862. The van der Waals surface area contributed by atoms with Gasteiger partial charge < -0.3 is 9.64 Å². The van der Waals surface area contributed by atoms with E-state index in [4.69, 9.17) is 4.74 Å². The van der Waals surface area contributed by atoms with E-state index in [9.17, 15) is 4.79 Å². The van der Waals surface area contributed by atoms with Crippen molar-refractivity contribution in [3.8, 4) is 0 Å². The van der Waals surface area contributed by atoms with Crippen LogP contribution in [0.5, 0.6) is 0 Å². The number of anilines is 1. The van der Waals surface area contributed by atoms with Crippen molar-refractivity contribution in [3.05, 3.63) is 47.7 Å². The summed E-state index contributed by atoms with van der Waals surface area (Å²) >= 11 is 0. The standard InChI is InChI=1S/C21H29N5O2/c1-17-14-20(26(23-17)15-18-6-3-2-4-7-18)22-21(27)25-11-9-24(10-12-25)16-19-8-5-13-28-19/h2-4,6-7,14,19H,5,8-13,15-16H2,1H3,(H,22,27). The molecule has 7 heteroatoms. The first-order valence-electron chi connectivity index (χ1n) is 10.2. The van der Waals surface area contributed by atoms with Crippen LogP contribution in [0.3, 0.4) is 0 Å². The molecule has 3 heterocycles. The molecule has 1 aromatic heterocycles. The van der Waals surface area contributed by atoms with E-state index in [0.29, 0.717) is 12.6 Å². The number of rotatable bonds is 5. The van der Waals surface area contributed by atoms with Crippen LogP contribution in [0.2, 0.25) is 0 Å². The topological polar surface area (TPSA) is 62.6 Å². The number of aromatic nitrogens is 2. The lowest BCUT2D eigenvalue weighted by molar-refractivity contribution is 0.0571. The van der Waals surface area contributed by atoms with Gasteiger partial charge in [0.2, 0.25) is 0 Å². The molecule has 2 aliphatic rings. The highest BCUT2D eigenvalue weighted by Crippen LogP contribution is 2.16. The van der Waals surface area contributed by atoms with Gasteiger partial charge in [-0.1, -0.05) is 30.3 Å². The third-order valence-corrected chi connectivity index (χ3v) is 5.46. The number of benzene rings is 1. The maximum atomic E-state index is 12.8. The minimum Gasteiger partial charge on any atom is -0.377 e. The van der Waals surface area contributed by atoms with Crippen molar-refractivity contribution in [1.82, 2.24) is 19.6 Å². The smallest absolute Gasteiger partial charge is 0.323 e. The van der Waals surface area contributed by atoms with Gasteiger partial charge in [0, 0.05) is 45.4 Å². The number of urea groups is 1. The third kappa shape index (κ3) is 4.72. The summed E-state index contributed by atoms with van der Waals surface area (Å²) in [6, 6.07) is 12.0. The number of hydrogen-bond acceptors (Lipinski definition) is 4. The SMILES string of the molecule is Cc1cc(NC(=O)N2CCN(CC3CCCO3)CC2)n(Cc2ccccc2)n1. The summed E-state index contributed by atoms with van der Waals surface area (Å²) in [5.74, 6) is 0.744. The molecular weight excluding hydrogens is 354 g/mol. The largest absolute Gasteiger partial charge is 0.377 e. The second-order valence-electron chi connectivity index (χ2n) is 7.67. The summed E-state index contributed by atoms with van der Waals surface area (Å²) in [5.41, 5.74) is 2.05. The number of aryl methyl sites for hydroxylation is 1. The number of amides is 2. The number of ether oxygens (including phenoxy) is 1. The van der Waals surface area contributed by atoms with Crippen LogP contribution < -0.4 is 5.32 Å². The van der Waals surface area contributed by atoms with Crippen molar-refractivity contribution >= 4 is 11.8 Å². The molecule has 4 rings (SSSR count). The first kappa shape index (κ1) is 19.0. The lowest BCUT2D eigenvalue weighted by atomic mass is 10.2. The van der Waals surface area contributed by atoms with Gasteiger partial charge in [-0.25, -0.2) is 9.48 Å². The minimum absolute atomic E-state index is 0.0500. The first-order chi connectivity index (χ1) is 13.7. The van der Waals surface area contributed by atoms with Gasteiger partial charge >= 0.3 is 6.03 Å². The Morgan fingerprint density at radius 1 is 1.21 bits per heavy atom. The van der Waals surface area contributed by atoms with E-state index in [1.807, 2.05) is 40.8 Å². The Hall–Kier alpha value is -2.38. The summed E-state index contributed by atoms with van der Waals surface area (Å²) in [6.07, 6.45) is 2.70. The van der Waals surface area contributed by atoms with Crippen molar-refractivity contribution in [3.63, 3.8) is 0 Å². The van der Waals surface area contributed by atoms with E-state index in [2.05, 4.69) is 27.4 Å².